The van der Waals surface area contributed by atoms with Gasteiger partial charge in [0.1, 0.15) is 15.7 Å². The minimum Gasteiger partial charge on any atom is -0.347 e. The molecule has 1 amide bonds. The Kier molecular flexibility index (Phi) is 5.58. The number of rotatable bonds is 5. The average molecular weight is 347 g/mol. The van der Waals surface area contributed by atoms with Crippen LogP contribution in [0.4, 0.5) is 4.39 Å². The van der Waals surface area contributed by atoms with Crippen molar-refractivity contribution in [3.63, 3.8) is 0 Å². The molecule has 1 aromatic heterocycles. The molecule has 1 aromatic carbocycles. The zero-order valence-corrected chi connectivity index (χ0v) is 14.7. The van der Waals surface area contributed by atoms with E-state index in [4.69, 9.17) is 0 Å². The van der Waals surface area contributed by atoms with Crippen molar-refractivity contribution in [1.29, 1.82) is 0 Å². The topological polar surface area (TPSA) is 45.2 Å². The third-order valence-electron chi connectivity index (χ3n) is 4.25. The van der Waals surface area contributed by atoms with Crippen LogP contribution in [0.2, 0.25) is 0 Å². The molecule has 128 valence electrons. The molecule has 6 heteroatoms. The highest BCUT2D eigenvalue weighted by atomic mass is 32.1. The number of nitrogens with zero attached hydrogens (tertiary/aromatic N) is 2. The van der Waals surface area contributed by atoms with Gasteiger partial charge in [-0.3, -0.25) is 9.69 Å². The van der Waals surface area contributed by atoms with Crippen LogP contribution >= 0.6 is 11.3 Å². The monoisotopic (exact) mass is 347 g/mol. The molecule has 1 aliphatic rings. The molecular weight excluding hydrogens is 325 g/mol. The summed E-state index contributed by atoms with van der Waals surface area (Å²) in [6.45, 7) is 5.06. The van der Waals surface area contributed by atoms with Crippen molar-refractivity contribution in [2.45, 2.75) is 39.3 Å². The molecule has 0 bridgehead atoms. The minimum atomic E-state index is -0.301. The predicted molar refractivity (Wildman–Crippen MR) is 93.5 cm³/mol. The summed E-state index contributed by atoms with van der Waals surface area (Å²) in [5.41, 5.74) is 1.24. The van der Waals surface area contributed by atoms with Crippen LogP contribution in [-0.4, -0.2) is 28.9 Å². The first-order valence-electron chi connectivity index (χ1n) is 8.34. The number of amides is 1. The van der Waals surface area contributed by atoms with Crippen LogP contribution in [0.25, 0.3) is 0 Å². The Labute approximate surface area is 145 Å². The zero-order chi connectivity index (χ0) is 16.9. The van der Waals surface area contributed by atoms with Crippen molar-refractivity contribution in [1.82, 2.24) is 15.2 Å². The van der Waals surface area contributed by atoms with Gasteiger partial charge in [-0.1, -0.05) is 24.6 Å². The van der Waals surface area contributed by atoms with E-state index in [1.807, 2.05) is 6.92 Å². The SMILES string of the molecule is Cc1nc(CN2CCCCC2)sc1C(=O)NCc1ccccc1F. The molecule has 2 heterocycles. The van der Waals surface area contributed by atoms with Gasteiger partial charge in [-0.2, -0.15) is 0 Å². The first kappa shape index (κ1) is 17.0. The second-order valence-corrected chi connectivity index (χ2v) is 7.22. The standard InChI is InChI=1S/C18H22FN3OS/c1-13-17(18(23)20-11-14-7-3-4-8-15(14)19)24-16(21-13)12-22-9-5-2-6-10-22/h3-4,7-8H,2,5-6,9-12H2,1H3,(H,20,23). The Bertz CT molecular complexity index is 710. The largest absolute Gasteiger partial charge is 0.347 e. The lowest BCUT2D eigenvalue weighted by molar-refractivity contribution is 0.0954. The van der Waals surface area contributed by atoms with Crippen molar-refractivity contribution in [3.05, 3.63) is 51.2 Å². The molecule has 0 unspecified atom stereocenters. The van der Waals surface area contributed by atoms with Crippen LogP contribution in [0.1, 0.15) is 45.2 Å². The van der Waals surface area contributed by atoms with Crippen LogP contribution in [0, 0.1) is 12.7 Å². The lowest BCUT2D eigenvalue weighted by atomic mass is 10.1. The van der Waals surface area contributed by atoms with E-state index < -0.39 is 0 Å². The Morgan fingerprint density at radius 2 is 2.04 bits per heavy atom. The van der Waals surface area contributed by atoms with E-state index in [-0.39, 0.29) is 18.3 Å². The fourth-order valence-electron chi connectivity index (χ4n) is 2.94. The van der Waals surface area contributed by atoms with Crippen molar-refractivity contribution in [2.24, 2.45) is 0 Å². The molecule has 0 spiro atoms. The maximum Gasteiger partial charge on any atom is 0.263 e. The number of carbonyl (C=O) groups excluding carboxylic acids is 1. The zero-order valence-electron chi connectivity index (χ0n) is 13.8. The number of hydrogen-bond acceptors (Lipinski definition) is 4. The van der Waals surface area contributed by atoms with Crippen LogP contribution < -0.4 is 5.32 Å². The van der Waals surface area contributed by atoms with E-state index in [0.29, 0.717) is 10.4 Å². The van der Waals surface area contributed by atoms with Gasteiger partial charge in [0, 0.05) is 12.1 Å². The van der Waals surface area contributed by atoms with Gasteiger partial charge in [0.05, 0.1) is 12.2 Å². The number of likely N-dealkylation sites (tertiary alicyclic amines) is 1. The Hall–Kier alpha value is -1.79. The highest BCUT2D eigenvalue weighted by Gasteiger charge is 2.18. The van der Waals surface area contributed by atoms with Gasteiger partial charge in [0.2, 0.25) is 0 Å². The van der Waals surface area contributed by atoms with Gasteiger partial charge in [-0.05, 0) is 38.9 Å². The summed E-state index contributed by atoms with van der Waals surface area (Å²) >= 11 is 1.44. The third-order valence-corrected chi connectivity index (χ3v) is 5.39. The van der Waals surface area contributed by atoms with E-state index in [2.05, 4.69) is 15.2 Å². The highest BCUT2D eigenvalue weighted by molar-refractivity contribution is 7.13. The molecule has 1 saturated heterocycles. The fraction of sp³-hybridized carbons (Fsp3) is 0.444. The number of piperidine rings is 1. The number of benzene rings is 1. The first-order chi connectivity index (χ1) is 11.6. The van der Waals surface area contributed by atoms with Crippen LogP contribution in [0.3, 0.4) is 0 Å². The molecule has 0 aliphatic carbocycles. The van der Waals surface area contributed by atoms with Crippen molar-refractivity contribution >= 4 is 17.2 Å². The molecule has 0 radical (unpaired) electrons. The summed E-state index contributed by atoms with van der Waals surface area (Å²) in [6, 6.07) is 6.48. The van der Waals surface area contributed by atoms with E-state index in [1.54, 1.807) is 18.2 Å². The highest BCUT2D eigenvalue weighted by Crippen LogP contribution is 2.21. The number of aromatic nitrogens is 1. The smallest absolute Gasteiger partial charge is 0.263 e. The Morgan fingerprint density at radius 1 is 1.29 bits per heavy atom. The van der Waals surface area contributed by atoms with Crippen molar-refractivity contribution in [2.75, 3.05) is 13.1 Å². The molecule has 3 rings (SSSR count). The quantitative estimate of drug-likeness (QED) is 0.900. The van der Waals surface area contributed by atoms with E-state index in [9.17, 15) is 9.18 Å². The molecule has 0 atom stereocenters. The summed E-state index contributed by atoms with van der Waals surface area (Å²) < 4.78 is 13.6. The van der Waals surface area contributed by atoms with Gasteiger partial charge >= 0.3 is 0 Å². The summed E-state index contributed by atoms with van der Waals surface area (Å²) in [5, 5.41) is 3.77. The second kappa shape index (κ2) is 7.85. The average Bonchev–Trinajstić information content (AvgIpc) is 2.95. The molecule has 1 fully saturated rings. The first-order valence-corrected chi connectivity index (χ1v) is 9.15. The van der Waals surface area contributed by atoms with Gasteiger partial charge in [-0.25, -0.2) is 9.37 Å². The third kappa shape index (κ3) is 4.19. The molecular formula is C18H22FN3OS. The fourth-order valence-corrected chi connectivity index (χ4v) is 3.96. The molecule has 1 aliphatic heterocycles. The van der Waals surface area contributed by atoms with Crippen LogP contribution in [0.15, 0.2) is 24.3 Å². The molecule has 1 N–H and O–H groups in total. The summed E-state index contributed by atoms with van der Waals surface area (Å²) in [7, 11) is 0. The van der Waals surface area contributed by atoms with Crippen LogP contribution in [0.5, 0.6) is 0 Å². The molecule has 2 aromatic rings. The maximum absolute atomic E-state index is 13.6. The normalized spacial score (nSPS) is 15.4. The summed E-state index contributed by atoms with van der Waals surface area (Å²) in [5.74, 6) is -0.484. The van der Waals surface area contributed by atoms with Crippen molar-refractivity contribution < 1.29 is 9.18 Å². The summed E-state index contributed by atoms with van der Waals surface area (Å²) in [6.07, 6.45) is 3.78. The van der Waals surface area contributed by atoms with Gasteiger partial charge < -0.3 is 5.32 Å². The van der Waals surface area contributed by atoms with E-state index in [1.165, 1.54) is 36.7 Å². The Morgan fingerprint density at radius 3 is 2.79 bits per heavy atom. The molecule has 24 heavy (non-hydrogen) atoms. The van der Waals surface area contributed by atoms with E-state index >= 15 is 0 Å². The molecule has 0 saturated carbocycles. The second-order valence-electron chi connectivity index (χ2n) is 6.13. The molecule has 4 nitrogen and oxygen atoms in total. The van der Waals surface area contributed by atoms with E-state index in [0.717, 1.165) is 30.3 Å². The lowest BCUT2D eigenvalue weighted by Gasteiger charge is -2.25. The summed E-state index contributed by atoms with van der Waals surface area (Å²) in [4.78, 5) is 19.9. The number of carbonyl (C=O) groups is 1. The lowest BCUT2D eigenvalue weighted by Crippen LogP contribution is -2.29. The number of nitrogens with one attached hydrogen (secondary N) is 1. The van der Waals surface area contributed by atoms with Gasteiger partial charge in [0.25, 0.3) is 5.91 Å². The number of hydrogen-bond donors (Lipinski definition) is 1. The maximum atomic E-state index is 13.6. The number of halogens is 1. The van der Waals surface area contributed by atoms with Crippen LogP contribution in [-0.2, 0) is 13.1 Å². The number of aryl methyl sites for hydroxylation is 1. The predicted octanol–water partition coefficient (Wildman–Crippen LogP) is 3.51. The number of thiazole rings is 1. The minimum absolute atomic E-state index is 0.182. The van der Waals surface area contributed by atoms with Gasteiger partial charge in [-0.15, -0.1) is 11.3 Å². The Balaban J connectivity index is 1.61. The van der Waals surface area contributed by atoms with Gasteiger partial charge in [0.15, 0.2) is 0 Å². The van der Waals surface area contributed by atoms with Crippen molar-refractivity contribution in [3.8, 4) is 0 Å².